The maximum absolute atomic E-state index is 11.7. The molecule has 88 valence electrons. The highest BCUT2D eigenvalue weighted by Crippen LogP contribution is 2.23. The van der Waals surface area contributed by atoms with Crippen molar-refractivity contribution in [2.45, 2.75) is 20.4 Å². The molecule has 0 radical (unpaired) electrons. The van der Waals surface area contributed by atoms with Crippen LogP contribution >= 0.6 is 11.6 Å². The molecule has 1 aromatic rings. The SMILES string of the molecule is CC1=C(C)N(Cc2ccc(Cl)cc2)C(=O)C1=O. The maximum Gasteiger partial charge on any atom is 0.299 e. The topological polar surface area (TPSA) is 37.4 Å². The molecule has 0 saturated carbocycles. The molecule has 0 N–H and O–H groups in total. The number of halogens is 1. The molecule has 0 atom stereocenters. The number of benzene rings is 1. The van der Waals surface area contributed by atoms with Gasteiger partial charge in [0.2, 0.25) is 5.78 Å². The minimum Gasteiger partial charge on any atom is -0.305 e. The molecule has 1 aliphatic heterocycles. The van der Waals surface area contributed by atoms with Gasteiger partial charge < -0.3 is 4.90 Å². The zero-order chi connectivity index (χ0) is 12.6. The molecule has 0 unspecified atom stereocenters. The normalized spacial score (nSPS) is 16.1. The molecule has 3 nitrogen and oxygen atoms in total. The first-order chi connectivity index (χ1) is 8.00. The Labute approximate surface area is 105 Å². The lowest BCUT2D eigenvalue weighted by Crippen LogP contribution is -2.27. The lowest BCUT2D eigenvalue weighted by molar-refractivity contribution is -0.139. The second kappa shape index (κ2) is 4.34. The van der Waals surface area contributed by atoms with E-state index in [1.807, 2.05) is 12.1 Å². The summed E-state index contributed by atoms with van der Waals surface area (Å²) >= 11 is 5.79. The summed E-state index contributed by atoms with van der Waals surface area (Å²) in [6.07, 6.45) is 0. The fourth-order valence-corrected chi connectivity index (χ4v) is 1.89. The van der Waals surface area contributed by atoms with Crippen molar-refractivity contribution < 1.29 is 9.59 Å². The van der Waals surface area contributed by atoms with Crippen LogP contribution in [0.4, 0.5) is 0 Å². The van der Waals surface area contributed by atoms with Crippen LogP contribution in [0.5, 0.6) is 0 Å². The molecule has 4 heteroatoms. The number of ketones is 1. The first-order valence-electron chi connectivity index (χ1n) is 5.29. The smallest absolute Gasteiger partial charge is 0.299 e. The van der Waals surface area contributed by atoms with E-state index in [4.69, 9.17) is 11.6 Å². The van der Waals surface area contributed by atoms with Gasteiger partial charge in [0, 0.05) is 16.3 Å². The lowest BCUT2D eigenvalue weighted by Gasteiger charge is -2.17. The summed E-state index contributed by atoms with van der Waals surface area (Å²) in [7, 11) is 0. The van der Waals surface area contributed by atoms with Crippen LogP contribution in [0.15, 0.2) is 35.5 Å². The molecule has 0 spiro atoms. The van der Waals surface area contributed by atoms with Crippen molar-refractivity contribution in [3.05, 3.63) is 46.1 Å². The highest BCUT2D eigenvalue weighted by molar-refractivity contribution is 6.45. The zero-order valence-electron chi connectivity index (χ0n) is 9.66. The maximum atomic E-state index is 11.7. The average molecular weight is 250 g/mol. The van der Waals surface area contributed by atoms with E-state index in [9.17, 15) is 9.59 Å². The largest absolute Gasteiger partial charge is 0.305 e. The summed E-state index contributed by atoms with van der Waals surface area (Å²) in [5, 5.41) is 0.654. The van der Waals surface area contributed by atoms with Crippen LogP contribution in [0, 0.1) is 0 Å². The predicted octanol–water partition coefficient (Wildman–Crippen LogP) is 2.55. The van der Waals surface area contributed by atoms with E-state index in [1.165, 1.54) is 4.90 Å². The summed E-state index contributed by atoms with van der Waals surface area (Å²) in [5.41, 5.74) is 2.21. The van der Waals surface area contributed by atoms with E-state index < -0.39 is 11.7 Å². The molecule has 0 saturated heterocycles. The molecule has 0 bridgehead atoms. The Bertz CT molecular complexity index is 517. The van der Waals surface area contributed by atoms with E-state index in [2.05, 4.69) is 0 Å². The molecule has 0 aromatic heterocycles. The average Bonchev–Trinajstić information content (AvgIpc) is 2.50. The highest BCUT2D eigenvalue weighted by atomic mass is 35.5. The summed E-state index contributed by atoms with van der Waals surface area (Å²) in [6.45, 7) is 3.87. The van der Waals surface area contributed by atoms with Crippen LogP contribution in [-0.4, -0.2) is 16.6 Å². The summed E-state index contributed by atoms with van der Waals surface area (Å²) in [5.74, 6) is -0.855. The number of hydrogen-bond donors (Lipinski definition) is 0. The van der Waals surface area contributed by atoms with Crippen molar-refractivity contribution in [3.8, 4) is 0 Å². The molecule has 2 rings (SSSR count). The summed E-state index contributed by atoms with van der Waals surface area (Å²) in [4.78, 5) is 24.7. The Balaban J connectivity index is 2.23. The minimum atomic E-state index is -0.449. The van der Waals surface area contributed by atoms with Crippen molar-refractivity contribution in [2.75, 3.05) is 0 Å². The van der Waals surface area contributed by atoms with Gasteiger partial charge in [-0.15, -0.1) is 0 Å². The molecule has 0 aliphatic carbocycles. The molecular weight excluding hydrogens is 238 g/mol. The Hall–Kier alpha value is -1.61. The van der Waals surface area contributed by atoms with Crippen LogP contribution in [0.3, 0.4) is 0 Å². The zero-order valence-corrected chi connectivity index (χ0v) is 10.4. The number of Topliss-reactive ketones (excluding diaryl/α,β-unsaturated/α-hetero) is 1. The molecular formula is C13H12ClNO2. The Morgan fingerprint density at radius 2 is 1.71 bits per heavy atom. The van der Waals surface area contributed by atoms with Gasteiger partial charge >= 0.3 is 0 Å². The van der Waals surface area contributed by atoms with Crippen LogP contribution in [0.1, 0.15) is 19.4 Å². The first kappa shape index (κ1) is 11.9. The van der Waals surface area contributed by atoms with Crippen LogP contribution in [0.25, 0.3) is 0 Å². The van der Waals surface area contributed by atoms with Gasteiger partial charge in [-0.2, -0.15) is 0 Å². The molecule has 1 heterocycles. The number of amides is 1. The van der Waals surface area contributed by atoms with Gasteiger partial charge in [-0.3, -0.25) is 9.59 Å². The third kappa shape index (κ3) is 2.11. The van der Waals surface area contributed by atoms with Gasteiger partial charge in [-0.25, -0.2) is 0 Å². The van der Waals surface area contributed by atoms with E-state index >= 15 is 0 Å². The third-order valence-electron chi connectivity index (χ3n) is 2.98. The van der Waals surface area contributed by atoms with Crippen LogP contribution in [0.2, 0.25) is 5.02 Å². The fourth-order valence-electron chi connectivity index (χ4n) is 1.76. The van der Waals surface area contributed by atoms with Gasteiger partial charge in [-0.1, -0.05) is 23.7 Å². The van der Waals surface area contributed by atoms with Gasteiger partial charge in [0.15, 0.2) is 0 Å². The number of hydrogen-bond acceptors (Lipinski definition) is 2. The Morgan fingerprint density at radius 3 is 2.18 bits per heavy atom. The third-order valence-corrected chi connectivity index (χ3v) is 3.23. The monoisotopic (exact) mass is 249 g/mol. The molecule has 1 aromatic carbocycles. The standard InChI is InChI=1S/C13H12ClNO2/c1-8-9(2)15(13(17)12(8)16)7-10-3-5-11(14)6-4-10/h3-6H,7H2,1-2H3. The fraction of sp³-hybridized carbons (Fsp3) is 0.231. The van der Waals surface area contributed by atoms with Gasteiger partial charge in [-0.05, 0) is 31.5 Å². The van der Waals surface area contributed by atoms with Crippen LogP contribution in [-0.2, 0) is 16.1 Å². The van der Waals surface area contributed by atoms with Crippen molar-refractivity contribution in [2.24, 2.45) is 0 Å². The number of rotatable bonds is 2. The second-order valence-corrected chi connectivity index (χ2v) is 4.49. The Morgan fingerprint density at radius 1 is 1.12 bits per heavy atom. The van der Waals surface area contributed by atoms with E-state index in [0.717, 1.165) is 11.3 Å². The van der Waals surface area contributed by atoms with Gasteiger partial charge in [0.25, 0.3) is 5.91 Å². The van der Waals surface area contributed by atoms with Crippen LogP contribution < -0.4 is 0 Å². The first-order valence-corrected chi connectivity index (χ1v) is 5.66. The Kier molecular flexibility index (Phi) is 3.03. The molecule has 1 aliphatic rings. The molecule has 1 amide bonds. The van der Waals surface area contributed by atoms with Crippen molar-refractivity contribution >= 4 is 23.3 Å². The van der Waals surface area contributed by atoms with Crippen molar-refractivity contribution in [3.63, 3.8) is 0 Å². The van der Waals surface area contributed by atoms with Gasteiger partial charge in [0.1, 0.15) is 0 Å². The number of nitrogens with zero attached hydrogens (tertiary/aromatic N) is 1. The van der Waals surface area contributed by atoms with E-state index in [1.54, 1.807) is 26.0 Å². The molecule has 17 heavy (non-hydrogen) atoms. The highest BCUT2D eigenvalue weighted by Gasteiger charge is 2.33. The number of carbonyl (C=O) groups excluding carboxylic acids is 2. The minimum absolute atomic E-state index is 0.406. The lowest BCUT2D eigenvalue weighted by atomic mass is 10.2. The summed E-state index contributed by atoms with van der Waals surface area (Å²) in [6, 6.07) is 7.23. The predicted molar refractivity (Wildman–Crippen MR) is 65.4 cm³/mol. The second-order valence-electron chi connectivity index (χ2n) is 4.06. The van der Waals surface area contributed by atoms with Crippen molar-refractivity contribution in [1.29, 1.82) is 0 Å². The van der Waals surface area contributed by atoms with E-state index in [0.29, 0.717) is 17.1 Å². The summed E-state index contributed by atoms with van der Waals surface area (Å²) < 4.78 is 0. The number of allylic oxidation sites excluding steroid dienone is 1. The number of carbonyl (C=O) groups is 2. The van der Waals surface area contributed by atoms with E-state index in [-0.39, 0.29) is 0 Å². The van der Waals surface area contributed by atoms with Gasteiger partial charge in [0.05, 0.1) is 6.54 Å². The molecule has 0 fully saturated rings. The van der Waals surface area contributed by atoms with Crippen molar-refractivity contribution in [1.82, 2.24) is 4.90 Å². The quantitative estimate of drug-likeness (QED) is 0.756.